The SMILES string of the molecule is CC(=O)[C@H]1CC[C@H]2[C@@H]3CCC4CC(S(=O)(=O)O)=CC[C@]4(C)[C@H]3CC[C@]12C. The second-order valence-corrected chi connectivity index (χ2v) is 11.5. The topological polar surface area (TPSA) is 71.4 Å². The van der Waals surface area contributed by atoms with Crippen molar-refractivity contribution in [3.8, 4) is 0 Å². The predicted octanol–water partition coefficient (Wildman–Crippen LogP) is 4.62. The predicted molar refractivity (Wildman–Crippen MR) is 101 cm³/mol. The molecule has 0 amide bonds. The third kappa shape index (κ3) is 2.56. The number of ketones is 1. The van der Waals surface area contributed by atoms with E-state index >= 15 is 0 Å². The molecule has 1 unspecified atom stereocenters. The number of Topliss-reactive ketones (excluding diaryl/α,β-unsaturated/α-hetero) is 1. The summed E-state index contributed by atoms with van der Waals surface area (Å²) in [7, 11) is -4.05. The molecular weight excluding hydrogens is 348 g/mol. The maximum absolute atomic E-state index is 12.2. The van der Waals surface area contributed by atoms with Crippen LogP contribution < -0.4 is 0 Å². The third-order valence-corrected chi connectivity index (χ3v) is 10.1. The van der Waals surface area contributed by atoms with Crippen molar-refractivity contribution in [3.05, 3.63) is 11.0 Å². The molecule has 3 fully saturated rings. The highest BCUT2D eigenvalue weighted by molar-refractivity contribution is 7.89. The molecule has 0 bridgehead atoms. The lowest BCUT2D eigenvalue weighted by atomic mass is 9.45. The highest BCUT2D eigenvalue weighted by atomic mass is 32.2. The van der Waals surface area contributed by atoms with Gasteiger partial charge in [-0.05, 0) is 92.8 Å². The molecule has 5 heteroatoms. The Morgan fingerprint density at radius 2 is 1.77 bits per heavy atom. The van der Waals surface area contributed by atoms with Gasteiger partial charge in [-0.25, -0.2) is 0 Å². The summed E-state index contributed by atoms with van der Waals surface area (Å²) in [5, 5.41) is 0. The van der Waals surface area contributed by atoms with Gasteiger partial charge in [0.25, 0.3) is 10.1 Å². The van der Waals surface area contributed by atoms with Gasteiger partial charge in [-0.3, -0.25) is 9.35 Å². The number of carbonyl (C=O) groups is 1. The van der Waals surface area contributed by atoms with Gasteiger partial charge in [0, 0.05) is 5.92 Å². The van der Waals surface area contributed by atoms with Crippen molar-refractivity contribution in [2.24, 2.45) is 40.4 Å². The van der Waals surface area contributed by atoms with E-state index in [1.54, 1.807) is 13.0 Å². The monoisotopic (exact) mass is 380 g/mol. The zero-order chi connectivity index (χ0) is 18.9. The lowest BCUT2D eigenvalue weighted by Crippen LogP contribution is -2.53. The minimum Gasteiger partial charge on any atom is -0.300 e. The second kappa shape index (κ2) is 5.91. The van der Waals surface area contributed by atoms with E-state index in [-0.39, 0.29) is 21.7 Å². The number of rotatable bonds is 2. The van der Waals surface area contributed by atoms with Crippen LogP contribution >= 0.6 is 0 Å². The average Bonchev–Trinajstić information content (AvgIpc) is 2.90. The van der Waals surface area contributed by atoms with Crippen LogP contribution in [0, 0.1) is 40.4 Å². The fourth-order valence-corrected chi connectivity index (χ4v) is 8.43. The van der Waals surface area contributed by atoms with E-state index in [4.69, 9.17) is 0 Å². The molecule has 3 saturated carbocycles. The van der Waals surface area contributed by atoms with Gasteiger partial charge in [-0.15, -0.1) is 0 Å². The zero-order valence-corrected chi connectivity index (χ0v) is 17.0. The van der Waals surface area contributed by atoms with Crippen molar-refractivity contribution in [3.63, 3.8) is 0 Å². The van der Waals surface area contributed by atoms with Gasteiger partial charge in [-0.2, -0.15) is 8.42 Å². The first-order valence-corrected chi connectivity index (χ1v) is 11.7. The molecule has 1 N–H and O–H groups in total. The molecule has 4 nitrogen and oxygen atoms in total. The average molecular weight is 381 g/mol. The molecule has 0 aromatic heterocycles. The van der Waals surface area contributed by atoms with Crippen LogP contribution in [-0.2, 0) is 14.9 Å². The van der Waals surface area contributed by atoms with Crippen LogP contribution in [0.2, 0.25) is 0 Å². The quantitative estimate of drug-likeness (QED) is 0.710. The van der Waals surface area contributed by atoms with E-state index in [9.17, 15) is 17.8 Å². The Labute approximate surface area is 157 Å². The Bertz CT molecular complexity index is 754. The molecule has 0 spiro atoms. The molecule has 0 saturated heterocycles. The third-order valence-electron chi connectivity index (χ3n) is 9.10. The summed E-state index contributed by atoms with van der Waals surface area (Å²) in [6.45, 7) is 6.48. The first-order valence-electron chi connectivity index (χ1n) is 10.2. The Kier molecular flexibility index (Phi) is 4.24. The summed E-state index contributed by atoms with van der Waals surface area (Å²) in [6.07, 6.45) is 9.74. The fraction of sp³-hybridized carbons (Fsp3) is 0.857. The molecular formula is C21H32O4S. The highest BCUT2D eigenvalue weighted by Crippen LogP contribution is 2.67. The van der Waals surface area contributed by atoms with Crippen LogP contribution in [0.15, 0.2) is 11.0 Å². The summed E-state index contributed by atoms with van der Waals surface area (Å²) >= 11 is 0. The summed E-state index contributed by atoms with van der Waals surface area (Å²) in [6, 6.07) is 0. The van der Waals surface area contributed by atoms with Gasteiger partial charge in [0.2, 0.25) is 0 Å². The van der Waals surface area contributed by atoms with Crippen molar-refractivity contribution >= 4 is 15.9 Å². The number of carbonyl (C=O) groups excluding carboxylic acids is 1. The molecule has 26 heavy (non-hydrogen) atoms. The van der Waals surface area contributed by atoms with E-state index in [2.05, 4.69) is 13.8 Å². The van der Waals surface area contributed by atoms with Gasteiger partial charge in [0.05, 0.1) is 4.91 Å². The molecule has 146 valence electrons. The van der Waals surface area contributed by atoms with Crippen molar-refractivity contribution in [1.29, 1.82) is 0 Å². The number of hydrogen-bond acceptors (Lipinski definition) is 3. The highest BCUT2D eigenvalue weighted by Gasteiger charge is 2.60. The number of allylic oxidation sites excluding steroid dienone is 2. The Morgan fingerprint density at radius 3 is 2.42 bits per heavy atom. The largest absolute Gasteiger partial charge is 0.300 e. The summed E-state index contributed by atoms with van der Waals surface area (Å²) in [5.74, 6) is 2.87. The zero-order valence-electron chi connectivity index (χ0n) is 16.2. The van der Waals surface area contributed by atoms with E-state index in [1.807, 2.05) is 0 Å². The minimum atomic E-state index is -4.05. The maximum Gasteiger partial charge on any atom is 0.290 e. The molecule has 0 aliphatic heterocycles. The maximum atomic E-state index is 12.2. The first-order chi connectivity index (χ1) is 12.1. The Hall–Kier alpha value is -0.680. The van der Waals surface area contributed by atoms with Crippen LogP contribution in [0.4, 0.5) is 0 Å². The number of fused-ring (bicyclic) bond motifs is 5. The van der Waals surface area contributed by atoms with E-state index in [1.165, 1.54) is 6.42 Å². The van der Waals surface area contributed by atoms with Gasteiger partial charge in [0.15, 0.2) is 0 Å². The second-order valence-electron chi connectivity index (χ2n) is 10.00. The van der Waals surface area contributed by atoms with Crippen LogP contribution in [0.1, 0.15) is 72.1 Å². The van der Waals surface area contributed by atoms with Gasteiger partial charge in [0.1, 0.15) is 5.78 Å². The van der Waals surface area contributed by atoms with Crippen LogP contribution in [0.5, 0.6) is 0 Å². The molecule has 0 radical (unpaired) electrons. The van der Waals surface area contributed by atoms with E-state index in [0.29, 0.717) is 35.9 Å². The minimum absolute atomic E-state index is 0.132. The van der Waals surface area contributed by atoms with Crippen molar-refractivity contribution in [1.82, 2.24) is 0 Å². The molecule has 0 aromatic rings. The van der Waals surface area contributed by atoms with Crippen molar-refractivity contribution in [2.45, 2.75) is 72.1 Å². The molecule has 7 atom stereocenters. The summed E-state index contributed by atoms with van der Waals surface area (Å²) < 4.78 is 32.6. The van der Waals surface area contributed by atoms with E-state index in [0.717, 1.165) is 38.5 Å². The molecule has 4 aliphatic rings. The normalized spacial score (nSPS) is 48.2. The lowest BCUT2D eigenvalue weighted by Gasteiger charge is -2.60. The Morgan fingerprint density at radius 1 is 1.08 bits per heavy atom. The van der Waals surface area contributed by atoms with Crippen molar-refractivity contribution < 1.29 is 17.8 Å². The van der Waals surface area contributed by atoms with E-state index < -0.39 is 10.1 Å². The summed E-state index contributed by atoms with van der Waals surface area (Å²) in [5.41, 5.74) is 0.299. The fourth-order valence-electron chi connectivity index (χ4n) is 7.73. The first kappa shape index (κ1) is 18.7. The Balaban J connectivity index is 1.63. The van der Waals surface area contributed by atoms with Crippen LogP contribution in [0.3, 0.4) is 0 Å². The smallest absolute Gasteiger partial charge is 0.290 e. The van der Waals surface area contributed by atoms with Gasteiger partial charge in [-0.1, -0.05) is 19.9 Å². The molecule has 4 rings (SSSR count). The molecule has 0 heterocycles. The standard InChI is InChI=1S/C21H32O4S/c1-13(22)17-6-7-18-16-5-4-14-12-15(26(23,24)25)8-10-20(14,2)19(16)9-11-21(17,18)3/h8,14,16-19H,4-7,9-12H2,1-3H3,(H,23,24,25)/t14?,16-,17+,18-,19-,20-,21+/m0/s1. The van der Waals surface area contributed by atoms with Crippen LogP contribution in [-0.4, -0.2) is 18.8 Å². The van der Waals surface area contributed by atoms with Gasteiger partial charge >= 0.3 is 0 Å². The van der Waals surface area contributed by atoms with Crippen LogP contribution in [0.25, 0.3) is 0 Å². The summed E-state index contributed by atoms with van der Waals surface area (Å²) in [4.78, 5) is 12.4. The van der Waals surface area contributed by atoms with Crippen molar-refractivity contribution in [2.75, 3.05) is 0 Å². The number of hydrogen-bond donors (Lipinski definition) is 1. The lowest BCUT2D eigenvalue weighted by molar-refractivity contribution is -0.131. The molecule has 4 aliphatic carbocycles. The van der Waals surface area contributed by atoms with Gasteiger partial charge < -0.3 is 0 Å². The molecule has 0 aromatic carbocycles.